The molecule has 0 bridgehead atoms. The fourth-order valence-corrected chi connectivity index (χ4v) is 1.77. The highest BCUT2D eigenvalue weighted by Gasteiger charge is 2.16. The first kappa shape index (κ1) is 10.9. The lowest BCUT2D eigenvalue weighted by molar-refractivity contribution is 0.150. The first-order valence-corrected chi connectivity index (χ1v) is 5.25. The van der Waals surface area contributed by atoms with Crippen LogP contribution in [0.4, 0.5) is 0 Å². The fraction of sp³-hybridized carbons (Fsp3) is 0.231. The number of fused-ring (bicyclic) bond motifs is 1. The van der Waals surface area contributed by atoms with Crippen LogP contribution in [-0.4, -0.2) is 16.3 Å². The van der Waals surface area contributed by atoms with Crippen LogP contribution in [0.5, 0.6) is 5.75 Å². The Morgan fingerprint density at radius 2 is 1.69 bits per heavy atom. The Bertz CT molecular complexity index is 508. The van der Waals surface area contributed by atoms with Gasteiger partial charge in [-0.1, -0.05) is 24.3 Å². The summed E-state index contributed by atoms with van der Waals surface area (Å²) in [5.74, 6) is 0.0866. The van der Waals surface area contributed by atoms with Crippen molar-refractivity contribution in [2.75, 3.05) is 0 Å². The lowest BCUT2D eigenvalue weighted by atomic mass is 9.99. The van der Waals surface area contributed by atoms with E-state index >= 15 is 0 Å². The molecule has 2 aromatic carbocycles. The molecular weight excluding hydrogens is 202 g/mol. The zero-order chi connectivity index (χ0) is 11.7. The molecule has 3 heteroatoms. The van der Waals surface area contributed by atoms with Gasteiger partial charge in [0.05, 0.1) is 6.10 Å². The van der Waals surface area contributed by atoms with E-state index in [9.17, 15) is 10.2 Å². The first-order valence-electron chi connectivity index (χ1n) is 5.25. The van der Waals surface area contributed by atoms with Gasteiger partial charge in [-0.05, 0) is 29.8 Å². The van der Waals surface area contributed by atoms with Crippen LogP contribution in [0.2, 0.25) is 0 Å². The maximum Gasteiger partial charge on any atom is 0.122 e. The van der Waals surface area contributed by atoms with Crippen LogP contribution in [0.15, 0.2) is 36.4 Å². The quantitative estimate of drug-likeness (QED) is 0.720. The van der Waals surface area contributed by atoms with Crippen molar-refractivity contribution < 1.29 is 10.2 Å². The highest BCUT2D eigenvalue weighted by molar-refractivity contribution is 5.85. The van der Waals surface area contributed by atoms with Gasteiger partial charge < -0.3 is 15.9 Å². The minimum atomic E-state index is -0.843. The first-order chi connectivity index (χ1) is 7.59. The molecule has 0 radical (unpaired) electrons. The number of hydrogen-bond donors (Lipinski definition) is 3. The van der Waals surface area contributed by atoms with Crippen molar-refractivity contribution in [1.82, 2.24) is 0 Å². The summed E-state index contributed by atoms with van der Waals surface area (Å²) < 4.78 is 0. The molecule has 3 nitrogen and oxygen atoms in total. The van der Waals surface area contributed by atoms with Crippen molar-refractivity contribution in [2.45, 2.75) is 19.1 Å². The van der Waals surface area contributed by atoms with Gasteiger partial charge in [-0.2, -0.15) is 0 Å². The van der Waals surface area contributed by atoms with Crippen LogP contribution in [0.3, 0.4) is 0 Å². The van der Waals surface area contributed by atoms with Gasteiger partial charge in [-0.25, -0.2) is 0 Å². The van der Waals surface area contributed by atoms with Crippen LogP contribution in [-0.2, 0) is 0 Å². The number of benzene rings is 2. The van der Waals surface area contributed by atoms with E-state index in [0.717, 1.165) is 10.8 Å². The molecule has 84 valence electrons. The van der Waals surface area contributed by atoms with Crippen LogP contribution < -0.4 is 5.73 Å². The Balaban J connectivity index is 2.58. The van der Waals surface area contributed by atoms with Gasteiger partial charge in [0.15, 0.2) is 0 Å². The van der Waals surface area contributed by atoms with E-state index in [1.165, 1.54) is 0 Å². The maximum atomic E-state index is 9.85. The number of phenolic OH excluding ortho intramolecular Hbond substituents is 1. The van der Waals surface area contributed by atoms with E-state index in [1.807, 2.05) is 24.3 Å². The largest absolute Gasteiger partial charge is 0.508 e. The number of hydrogen-bond acceptors (Lipinski definition) is 3. The predicted molar refractivity (Wildman–Crippen MR) is 64.2 cm³/mol. The summed E-state index contributed by atoms with van der Waals surface area (Å²) in [6.45, 7) is 1.71. The molecule has 2 aromatic rings. The number of rotatable bonds is 2. The van der Waals surface area contributed by atoms with Crippen molar-refractivity contribution in [1.29, 1.82) is 0 Å². The second-order valence-electron chi connectivity index (χ2n) is 4.06. The van der Waals surface area contributed by atoms with Crippen LogP contribution in [0, 0.1) is 0 Å². The standard InChI is InChI=1S/C13H15NO2/c1-8(14)13(16)11-6-9-4-2-3-5-10(9)7-12(11)15/h2-8,13,15-16H,14H2,1H3. The Hall–Kier alpha value is -1.58. The molecule has 0 heterocycles. The number of aliphatic hydroxyl groups excluding tert-OH is 1. The van der Waals surface area contributed by atoms with Gasteiger partial charge in [0, 0.05) is 11.6 Å². The molecule has 0 saturated carbocycles. The predicted octanol–water partition coefficient (Wildman–Crippen LogP) is 1.93. The van der Waals surface area contributed by atoms with Gasteiger partial charge in [0.2, 0.25) is 0 Å². The van der Waals surface area contributed by atoms with E-state index in [1.54, 1.807) is 19.1 Å². The van der Waals surface area contributed by atoms with Crippen molar-refractivity contribution in [2.24, 2.45) is 5.73 Å². The zero-order valence-electron chi connectivity index (χ0n) is 9.09. The highest BCUT2D eigenvalue weighted by atomic mass is 16.3. The summed E-state index contributed by atoms with van der Waals surface area (Å²) in [4.78, 5) is 0. The minimum Gasteiger partial charge on any atom is -0.508 e. The van der Waals surface area contributed by atoms with Gasteiger partial charge in [-0.15, -0.1) is 0 Å². The summed E-state index contributed by atoms with van der Waals surface area (Å²) in [5.41, 5.74) is 6.10. The van der Waals surface area contributed by atoms with Crippen molar-refractivity contribution in [3.05, 3.63) is 42.0 Å². The lowest BCUT2D eigenvalue weighted by Gasteiger charge is -2.16. The van der Waals surface area contributed by atoms with Gasteiger partial charge in [0.25, 0.3) is 0 Å². The van der Waals surface area contributed by atoms with Crippen molar-refractivity contribution >= 4 is 10.8 Å². The molecule has 2 unspecified atom stereocenters. The molecule has 0 aliphatic rings. The Morgan fingerprint density at radius 1 is 1.12 bits per heavy atom. The minimum absolute atomic E-state index is 0.0866. The van der Waals surface area contributed by atoms with E-state index < -0.39 is 12.1 Å². The monoisotopic (exact) mass is 217 g/mol. The normalized spacial score (nSPS) is 14.9. The molecule has 2 rings (SSSR count). The number of aliphatic hydroxyl groups is 1. The smallest absolute Gasteiger partial charge is 0.122 e. The molecule has 0 fully saturated rings. The molecule has 0 aromatic heterocycles. The van der Waals surface area contributed by atoms with Crippen LogP contribution >= 0.6 is 0 Å². The molecule has 0 amide bonds. The maximum absolute atomic E-state index is 9.85. The molecule has 0 saturated heterocycles. The molecule has 16 heavy (non-hydrogen) atoms. The van der Waals surface area contributed by atoms with Crippen molar-refractivity contribution in [3.8, 4) is 5.75 Å². The summed E-state index contributed by atoms with van der Waals surface area (Å²) >= 11 is 0. The third-order valence-corrected chi connectivity index (χ3v) is 2.71. The molecule has 4 N–H and O–H groups in total. The topological polar surface area (TPSA) is 66.5 Å². The lowest BCUT2D eigenvalue weighted by Crippen LogP contribution is -2.24. The summed E-state index contributed by atoms with van der Waals surface area (Å²) in [5, 5.41) is 21.6. The molecule has 0 aliphatic heterocycles. The van der Waals surface area contributed by atoms with Crippen LogP contribution in [0.1, 0.15) is 18.6 Å². The molecule has 2 atom stereocenters. The second kappa shape index (κ2) is 4.12. The van der Waals surface area contributed by atoms with Gasteiger partial charge >= 0.3 is 0 Å². The Kier molecular flexibility index (Phi) is 2.81. The van der Waals surface area contributed by atoms with Gasteiger partial charge in [-0.3, -0.25) is 0 Å². The zero-order valence-corrected chi connectivity index (χ0v) is 9.09. The third kappa shape index (κ3) is 1.87. The average molecular weight is 217 g/mol. The van der Waals surface area contributed by atoms with Crippen LogP contribution in [0.25, 0.3) is 10.8 Å². The molecule has 0 spiro atoms. The van der Waals surface area contributed by atoms with Gasteiger partial charge in [0.1, 0.15) is 5.75 Å². The SMILES string of the molecule is CC(N)C(O)c1cc2ccccc2cc1O. The highest BCUT2D eigenvalue weighted by Crippen LogP contribution is 2.30. The Morgan fingerprint density at radius 3 is 2.25 bits per heavy atom. The third-order valence-electron chi connectivity index (χ3n) is 2.71. The van der Waals surface area contributed by atoms with E-state index in [-0.39, 0.29) is 5.75 Å². The van der Waals surface area contributed by atoms with E-state index in [4.69, 9.17) is 5.73 Å². The number of phenols is 1. The molecular formula is C13H15NO2. The summed E-state index contributed by atoms with van der Waals surface area (Å²) in [6, 6.07) is 10.7. The fourth-order valence-electron chi connectivity index (χ4n) is 1.77. The second-order valence-corrected chi connectivity index (χ2v) is 4.06. The number of aromatic hydroxyl groups is 1. The van der Waals surface area contributed by atoms with Crippen molar-refractivity contribution in [3.63, 3.8) is 0 Å². The summed E-state index contributed by atoms with van der Waals surface area (Å²) in [7, 11) is 0. The average Bonchev–Trinajstić information content (AvgIpc) is 2.27. The van der Waals surface area contributed by atoms with E-state index in [2.05, 4.69) is 0 Å². The molecule has 0 aliphatic carbocycles. The summed E-state index contributed by atoms with van der Waals surface area (Å²) in [6.07, 6.45) is -0.843. The Labute approximate surface area is 94.1 Å². The number of nitrogens with two attached hydrogens (primary N) is 1. The van der Waals surface area contributed by atoms with E-state index in [0.29, 0.717) is 5.56 Å².